The predicted octanol–water partition coefficient (Wildman–Crippen LogP) is 4.27. The number of aromatic nitrogens is 2. The van der Waals surface area contributed by atoms with Gasteiger partial charge in [-0.2, -0.15) is 0 Å². The lowest BCUT2D eigenvalue weighted by atomic mass is 9.97. The van der Waals surface area contributed by atoms with E-state index in [2.05, 4.69) is 11.9 Å². The summed E-state index contributed by atoms with van der Waals surface area (Å²) in [6.45, 7) is 4.13. The molecule has 1 N–H and O–H groups in total. The third kappa shape index (κ3) is 4.40. The quantitative estimate of drug-likeness (QED) is 0.300. The normalized spacial score (nSPS) is 12.9. The van der Waals surface area contributed by atoms with Crippen molar-refractivity contribution in [1.82, 2.24) is 9.55 Å². The molecular weight excluding hydrogens is 446 g/mol. The SMILES string of the molecule is C=CCn1c(SCC(=O)Nc2ccc(OC)cc2OC)nc2sc3c(c2c1=O)CCCC3. The van der Waals surface area contributed by atoms with Crippen molar-refractivity contribution in [3.63, 3.8) is 0 Å². The van der Waals surface area contributed by atoms with Gasteiger partial charge in [0.05, 0.1) is 31.0 Å². The van der Waals surface area contributed by atoms with Gasteiger partial charge in [-0.15, -0.1) is 17.9 Å². The van der Waals surface area contributed by atoms with E-state index < -0.39 is 0 Å². The number of allylic oxidation sites excluding steroid dienone is 1. The number of benzene rings is 1. The largest absolute Gasteiger partial charge is 0.497 e. The van der Waals surface area contributed by atoms with Crippen molar-refractivity contribution >= 4 is 44.9 Å². The molecule has 7 nitrogen and oxygen atoms in total. The Balaban J connectivity index is 1.57. The minimum absolute atomic E-state index is 0.0472. The molecule has 1 aliphatic carbocycles. The van der Waals surface area contributed by atoms with Crippen LogP contribution in [0.25, 0.3) is 10.2 Å². The maximum Gasteiger partial charge on any atom is 0.263 e. The van der Waals surface area contributed by atoms with Gasteiger partial charge in [0.2, 0.25) is 5.91 Å². The van der Waals surface area contributed by atoms with Crippen LogP contribution >= 0.6 is 23.1 Å². The van der Waals surface area contributed by atoms with E-state index in [1.807, 2.05) is 0 Å². The molecule has 2 aromatic heterocycles. The Morgan fingerprint density at radius 2 is 2.12 bits per heavy atom. The number of thiophene rings is 1. The molecule has 4 rings (SSSR count). The summed E-state index contributed by atoms with van der Waals surface area (Å²) >= 11 is 2.85. The van der Waals surface area contributed by atoms with Gasteiger partial charge in [-0.1, -0.05) is 17.8 Å². The summed E-state index contributed by atoms with van der Waals surface area (Å²) in [4.78, 5) is 32.7. The fourth-order valence-electron chi connectivity index (χ4n) is 3.84. The Bertz CT molecular complexity index is 1230. The Kier molecular flexibility index (Phi) is 6.86. The van der Waals surface area contributed by atoms with Gasteiger partial charge < -0.3 is 14.8 Å². The van der Waals surface area contributed by atoms with Crippen LogP contribution in [0.2, 0.25) is 0 Å². The number of nitrogens with one attached hydrogen (secondary N) is 1. The van der Waals surface area contributed by atoms with Crippen LogP contribution in [0.15, 0.2) is 40.8 Å². The lowest BCUT2D eigenvalue weighted by Crippen LogP contribution is -2.24. The first-order valence-electron chi connectivity index (χ1n) is 10.4. The number of carbonyl (C=O) groups is 1. The van der Waals surface area contributed by atoms with E-state index in [0.717, 1.165) is 41.5 Å². The number of methoxy groups -OCH3 is 2. The Hall–Kier alpha value is -2.78. The van der Waals surface area contributed by atoms with Crippen LogP contribution in [-0.4, -0.2) is 35.4 Å². The van der Waals surface area contributed by atoms with Gasteiger partial charge in [0.15, 0.2) is 5.16 Å². The average Bonchev–Trinajstić information content (AvgIpc) is 3.18. The highest BCUT2D eigenvalue weighted by Crippen LogP contribution is 2.35. The van der Waals surface area contributed by atoms with Gasteiger partial charge in [0.25, 0.3) is 5.56 Å². The van der Waals surface area contributed by atoms with Crippen molar-refractivity contribution in [2.24, 2.45) is 0 Å². The molecule has 0 unspecified atom stereocenters. The highest BCUT2D eigenvalue weighted by atomic mass is 32.2. The standard InChI is InChI=1S/C23H25N3O4S2/c1-4-11-26-22(28)20-15-7-5-6-8-18(15)32-21(20)25-23(26)31-13-19(27)24-16-10-9-14(29-2)12-17(16)30-3/h4,9-10,12H,1,5-8,11,13H2,2-3H3,(H,24,27). The first-order chi connectivity index (χ1) is 15.5. The van der Waals surface area contributed by atoms with Crippen molar-refractivity contribution in [3.8, 4) is 11.5 Å². The van der Waals surface area contributed by atoms with Crippen molar-refractivity contribution in [3.05, 3.63) is 51.6 Å². The topological polar surface area (TPSA) is 82.5 Å². The van der Waals surface area contributed by atoms with Crippen molar-refractivity contribution in [2.45, 2.75) is 37.4 Å². The zero-order chi connectivity index (χ0) is 22.7. The van der Waals surface area contributed by atoms with Crippen LogP contribution in [0.1, 0.15) is 23.3 Å². The molecule has 168 valence electrons. The Morgan fingerprint density at radius 1 is 1.31 bits per heavy atom. The Morgan fingerprint density at radius 3 is 2.88 bits per heavy atom. The van der Waals surface area contributed by atoms with E-state index >= 15 is 0 Å². The fourth-order valence-corrected chi connectivity index (χ4v) is 5.95. The highest BCUT2D eigenvalue weighted by Gasteiger charge is 2.22. The molecule has 0 spiro atoms. The van der Waals surface area contributed by atoms with E-state index in [1.165, 1.54) is 23.7 Å². The number of thioether (sulfide) groups is 1. The summed E-state index contributed by atoms with van der Waals surface area (Å²) < 4.78 is 12.1. The number of hydrogen-bond donors (Lipinski definition) is 1. The fraction of sp³-hybridized carbons (Fsp3) is 0.348. The summed E-state index contributed by atoms with van der Waals surface area (Å²) in [5.74, 6) is 1.03. The smallest absolute Gasteiger partial charge is 0.263 e. The number of carbonyl (C=O) groups excluding carboxylic acids is 1. The van der Waals surface area contributed by atoms with E-state index in [-0.39, 0.29) is 17.2 Å². The van der Waals surface area contributed by atoms with Crippen LogP contribution in [0.4, 0.5) is 5.69 Å². The molecule has 0 aliphatic heterocycles. The zero-order valence-corrected chi connectivity index (χ0v) is 19.7. The second-order valence-electron chi connectivity index (χ2n) is 7.39. The van der Waals surface area contributed by atoms with Gasteiger partial charge >= 0.3 is 0 Å². The third-order valence-electron chi connectivity index (χ3n) is 5.37. The van der Waals surface area contributed by atoms with Crippen LogP contribution in [-0.2, 0) is 24.2 Å². The summed E-state index contributed by atoms with van der Waals surface area (Å²) in [6.07, 6.45) is 5.87. The van der Waals surface area contributed by atoms with Gasteiger partial charge in [-0.25, -0.2) is 4.98 Å². The van der Waals surface area contributed by atoms with Crippen LogP contribution in [0.5, 0.6) is 11.5 Å². The maximum atomic E-state index is 13.3. The van der Waals surface area contributed by atoms with Crippen molar-refractivity contribution < 1.29 is 14.3 Å². The molecule has 0 saturated carbocycles. The second kappa shape index (κ2) is 9.79. The minimum atomic E-state index is -0.219. The molecule has 1 amide bonds. The molecular formula is C23H25N3O4S2. The molecule has 1 aliphatic rings. The average molecular weight is 472 g/mol. The number of aryl methyl sites for hydroxylation is 2. The number of amides is 1. The molecule has 0 saturated heterocycles. The lowest BCUT2D eigenvalue weighted by molar-refractivity contribution is -0.113. The molecule has 0 radical (unpaired) electrons. The molecule has 9 heteroatoms. The molecule has 3 aromatic rings. The monoisotopic (exact) mass is 471 g/mol. The van der Waals surface area contributed by atoms with Crippen LogP contribution in [0.3, 0.4) is 0 Å². The molecule has 32 heavy (non-hydrogen) atoms. The minimum Gasteiger partial charge on any atom is -0.497 e. The number of nitrogens with zero attached hydrogens (tertiary/aromatic N) is 2. The molecule has 0 atom stereocenters. The van der Waals surface area contributed by atoms with Gasteiger partial charge in [-0.3, -0.25) is 14.2 Å². The molecule has 2 heterocycles. The summed E-state index contributed by atoms with van der Waals surface area (Å²) in [7, 11) is 3.10. The summed E-state index contributed by atoms with van der Waals surface area (Å²) in [6, 6.07) is 5.19. The van der Waals surface area contributed by atoms with Crippen LogP contribution < -0.4 is 20.3 Å². The zero-order valence-electron chi connectivity index (χ0n) is 18.1. The molecule has 0 bridgehead atoms. The number of rotatable bonds is 8. The first kappa shape index (κ1) is 22.4. The number of hydrogen-bond acceptors (Lipinski definition) is 7. The second-order valence-corrected chi connectivity index (χ2v) is 9.42. The molecule has 0 fully saturated rings. The van der Waals surface area contributed by atoms with E-state index in [4.69, 9.17) is 14.5 Å². The van der Waals surface area contributed by atoms with Crippen molar-refractivity contribution in [2.75, 3.05) is 25.3 Å². The lowest BCUT2D eigenvalue weighted by Gasteiger charge is -2.13. The first-order valence-corrected chi connectivity index (χ1v) is 12.2. The summed E-state index contributed by atoms with van der Waals surface area (Å²) in [5, 5.41) is 4.12. The number of fused-ring (bicyclic) bond motifs is 3. The van der Waals surface area contributed by atoms with Crippen LogP contribution in [0, 0.1) is 0 Å². The van der Waals surface area contributed by atoms with E-state index in [0.29, 0.717) is 28.9 Å². The summed E-state index contributed by atoms with van der Waals surface area (Å²) in [5.41, 5.74) is 1.67. The van der Waals surface area contributed by atoms with E-state index in [1.54, 1.807) is 47.3 Å². The third-order valence-corrected chi connectivity index (χ3v) is 7.53. The maximum absolute atomic E-state index is 13.3. The van der Waals surface area contributed by atoms with Gasteiger partial charge in [-0.05, 0) is 43.4 Å². The predicted molar refractivity (Wildman–Crippen MR) is 130 cm³/mol. The number of ether oxygens (including phenoxy) is 2. The van der Waals surface area contributed by atoms with E-state index in [9.17, 15) is 9.59 Å². The highest BCUT2D eigenvalue weighted by molar-refractivity contribution is 7.99. The Labute approximate surface area is 194 Å². The van der Waals surface area contributed by atoms with Gasteiger partial charge in [0.1, 0.15) is 16.3 Å². The molecule has 1 aromatic carbocycles. The van der Waals surface area contributed by atoms with Gasteiger partial charge in [0, 0.05) is 17.5 Å². The van der Waals surface area contributed by atoms with Crippen molar-refractivity contribution in [1.29, 1.82) is 0 Å². The number of anilines is 1.